The van der Waals surface area contributed by atoms with Gasteiger partial charge in [0.25, 0.3) is 5.69 Å². The van der Waals surface area contributed by atoms with Crippen LogP contribution in [0, 0.1) is 17.0 Å². The molecule has 0 unspecified atom stereocenters. The zero-order valence-corrected chi connectivity index (χ0v) is 12.0. The summed E-state index contributed by atoms with van der Waals surface area (Å²) in [6, 6.07) is 3.96. The maximum Gasteiger partial charge on any atom is 0.273 e. The van der Waals surface area contributed by atoms with Gasteiger partial charge in [-0.3, -0.25) is 10.1 Å². The summed E-state index contributed by atoms with van der Waals surface area (Å²) in [5, 5.41) is 10.7. The van der Waals surface area contributed by atoms with Crippen molar-refractivity contribution in [2.75, 3.05) is 13.1 Å². The molecule has 0 spiro atoms. The maximum atomic E-state index is 11.9. The fourth-order valence-electron chi connectivity index (χ4n) is 1.48. The van der Waals surface area contributed by atoms with E-state index in [1.807, 2.05) is 0 Å². The monoisotopic (exact) mass is 309 g/mol. The molecule has 0 radical (unpaired) electrons. The van der Waals surface area contributed by atoms with Gasteiger partial charge in [0, 0.05) is 18.2 Å². The van der Waals surface area contributed by atoms with Crippen LogP contribution in [0.25, 0.3) is 0 Å². The Bertz CT molecular complexity index is 548. The number of nitrogens with zero attached hydrogens (tertiary/aromatic N) is 1. The summed E-state index contributed by atoms with van der Waals surface area (Å²) in [5.74, 6) is 0. The van der Waals surface area contributed by atoms with Crippen molar-refractivity contribution >= 4 is 28.1 Å². The van der Waals surface area contributed by atoms with Gasteiger partial charge in [-0.15, -0.1) is 12.4 Å². The van der Waals surface area contributed by atoms with E-state index in [0.29, 0.717) is 13.0 Å². The highest BCUT2D eigenvalue weighted by atomic mass is 35.5. The number of nitro benzene ring substituents is 1. The predicted molar refractivity (Wildman–Crippen MR) is 73.9 cm³/mol. The third-order valence-corrected chi connectivity index (χ3v) is 4.02. The number of benzene rings is 1. The van der Waals surface area contributed by atoms with Gasteiger partial charge in [0.15, 0.2) is 0 Å². The summed E-state index contributed by atoms with van der Waals surface area (Å²) in [4.78, 5) is 10.1. The molecule has 0 aliphatic heterocycles. The molecule has 9 heteroatoms. The van der Waals surface area contributed by atoms with Crippen molar-refractivity contribution in [1.29, 1.82) is 0 Å². The minimum Gasteiger partial charge on any atom is -0.330 e. The Kier molecular flexibility index (Phi) is 6.91. The predicted octanol–water partition coefficient (Wildman–Crippen LogP) is 0.952. The Morgan fingerprint density at radius 3 is 2.58 bits per heavy atom. The number of nitrogens with two attached hydrogens (primary N) is 1. The van der Waals surface area contributed by atoms with Crippen LogP contribution in [0.5, 0.6) is 0 Å². The van der Waals surface area contributed by atoms with Gasteiger partial charge in [0.1, 0.15) is 0 Å². The third kappa shape index (κ3) is 4.43. The molecule has 1 rings (SSSR count). The van der Waals surface area contributed by atoms with Gasteiger partial charge >= 0.3 is 0 Å². The SMILES string of the molecule is Cc1c([N+](=O)[O-])cccc1S(=O)(=O)NCCCN.Cl. The number of hydrogen-bond donors (Lipinski definition) is 2. The van der Waals surface area contributed by atoms with E-state index in [4.69, 9.17) is 5.73 Å². The van der Waals surface area contributed by atoms with E-state index in [0.717, 1.165) is 0 Å². The van der Waals surface area contributed by atoms with Gasteiger partial charge in [-0.2, -0.15) is 0 Å². The quantitative estimate of drug-likeness (QED) is 0.461. The van der Waals surface area contributed by atoms with Crippen molar-refractivity contribution in [2.24, 2.45) is 5.73 Å². The minimum absolute atomic E-state index is 0. The molecule has 7 nitrogen and oxygen atoms in total. The van der Waals surface area contributed by atoms with E-state index in [1.54, 1.807) is 0 Å². The summed E-state index contributed by atoms with van der Waals surface area (Å²) in [5.41, 5.74) is 5.18. The fraction of sp³-hybridized carbons (Fsp3) is 0.400. The average molecular weight is 310 g/mol. The van der Waals surface area contributed by atoms with Crippen LogP contribution in [0.2, 0.25) is 0 Å². The number of nitro groups is 1. The summed E-state index contributed by atoms with van der Waals surface area (Å²) in [6.45, 7) is 1.99. The zero-order valence-electron chi connectivity index (χ0n) is 10.3. The normalized spacial score (nSPS) is 10.8. The Balaban J connectivity index is 0.00000324. The van der Waals surface area contributed by atoms with Gasteiger partial charge < -0.3 is 5.73 Å². The van der Waals surface area contributed by atoms with E-state index in [1.165, 1.54) is 25.1 Å². The van der Waals surface area contributed by atoms with Crippen molar-refractivity contribution in [3.05, 3.63) is 33.9 Å². The number of nitrogens with one attached hydrogen (secondary N) is 1. The second-order valence-corrected chi connectivity index (χ2v) is 5.43. The van der Waals surface area contributed by atoms with E-state index in [9.17, 15) is 18.5 Å². The first-order valence-electron chi connectivity index (χ1n) is 5.34. The van der Waals surface area contributed by atoms with Gasteiger partial charge in [-0.05, 0) is 26.0 Å². The highest BCUT2D eigenvalue weighted by molar-refractivity contribution is 7.89. The number of rotatable bonds is 6. The number of halogens is 1. The van der Waals surface area contributed by atoms with Gasteiger partial charge in [0.2, 0.25) is 10.0 Å². The van der Waals surface area contributed by atoms with Gasteiger partial charge in [-0.25, -0.2) is 13.1 Å². The lowest BCUT2D eigenvalue weighted by molar-refractivity contribution is -0.385. The average Bonchev–Trinajstić information content (AvgIpc) is 2.28. The van der Waals surface area contributed by atoms with E-state index < -0.39 is 14.9 Å². The molecule has 0 amide bonds. The summed E-state index contributed by atoms with van der Waals surface area (Å²) >= 11 is 0. The van der Waals surface area contributed by atoms with Crippen molar-refractivity contribution in [1.82, 2.24) is 4.72 Å². The number of hydrogen-bond acceptors (Lipinski definition) is 5. The zero-order chi connectivity index (χ0) is 13.8. The molecule has 108 valence electrons. The lowest BCUT2D eigenvalue weighted by Crippen LogP contribution is -2.27. The van der Waals surface area contributed by atoms with Crippen LogP contribution in [0.4, 0.5) is 5.69 Å². The summed E-state index contributed by atoms with van der Waals surface area (Å²) in [7, 11) is -3.73. The second-order valence-electron chi connectivity index (χ2n) is 3.70. The smallest absolute Gasteiger partial charge is 0.273 e. The molecule has 0 saturated carbocycles. The lowest BCUT2D eigenvalue weighted by Gasteiger charge is -2.08. The third-order valence-electron chi connectivity index (χ3n) is 2.41. The molecule has 0 aliphatic carbocycles. The molecule has 0 fully saturated rings. The van der Waals surface area contributed by atoms with Crippen LogP contribution in [0.1, 0.15) is 12.0 Å². The van der Waals surface area contributed by atoms with Crippen molar-refractivity contribution < 1.29 is 13.3 Å². The van der Waals surface area contributed by atoms with Crippen molar-refractivity contribution in [3.8, 4) is 0 Å². The van der Waals surface area contributed by atoms with E-state index in [-0.39, 0.29) is 35.1 Å². The molecule has 0 heterocycles. The van der Waals surface area contributed by atoms with E-state index >= 15 is 0 Å². The Labute approximate surface area is 117 Å². The standard InChI is InChI=1S/C10H15N3O4S.ClH/c1-8-9(13(14)15)4-2-5-10(8)18(16,17)12-7-3-6-11;/h2,4-5,12H,3,6-7,11H2,1H3;1H. The highest BCUT2D eigenvalue weighted by Crippen LogP contribution is 2.24. The van der Waals surface area contributed by atoms with Gasteiger partial charge in [0.05, 0.1) is 9.82 Å². The van der Waals surface area contributed by atoms with Crippen LogP contribution in [-0.4, -0.2) is 26.4 Å². The summed E-state index contributed by atoms with van der Waals surface area (Å²) < 4.78 is 26.2. The minimum atomic E-state index is -3.73. The van der Waals surface area contributed by atoms with Crippen LogP contribution in [0.15, 0.2) is 23.1 Å². The molecule has 0 aliphatic rings. The highest BCUT2D eigenvalue weighted by Gasteiger charge is 2.22. The molecule has 1 aromatic rings. The molecule has 19 heavy (non-hydrogen) atoms. The topological polar surface area (TPSA) is 115 Å². The van der Waals surface area contributed by atoms with Crippen molar-refractivity contribution in [3.63, 3.8) is 0 Å². The Hall–Kier alpha value is -1.22. The van der Waals surface area contributed by atoms with Gasteiger partial charge in [-0.1, -0.05) is 6.07 Å². The Morgan fingerprint density at radius 2 is 2.05 bits per heavy atom. The van der Waals surface area contributed by atoms with Crippen LogP contribution >= 0.6 is 12.4 Å². The summed E-state index contributed by atoms with van der Waals surface area (Å²) in [6.07, 6.45) is 0.507. The molecule has 0 atom stereocenters. The molecular formula is C10H16ClN3O4S. The lowest BCUT2D eigenvalue weighted by atomic mass is 10.2. The first-order chi connectivity index (χ1) is 8.40. The second kappa shape index (κ2) is 7.39. The van der Waals surface area contributed by atoms with Crippen molar-refractivity contribution in [2.45, 2.75) is 18.2 Å². The first kappa shape index (κ1) is 17.8. The number of sulfonamides is 1. The molecule has 1 aromatic carbocycles. The van der Waals surface area contributed by atoms with E-state index in [2.05, 4.69) is 4.72 Å². The first-order valence-corrected chi connectivity index (χ1v) is 6.82. The molecular weight excluding hydrogens is 294 g/mol. The molecule has 0 bridgehead atoms. The molecule has 0 saturated heterocycles. The molecule has 3 N–H and O–H groups in total. The maximum absolute atomic E-state index is 11.9. The Morgan fingerprint density at radius 1 is 1.42 bits per heavy atom. The fourth-order valence-corrected chi connectivity index (χ4v) is 2.81. The van der Waals surface area contributed by atoms with Crippen LogP contribution in [-0.2, 0) is 10.0 Å². The largest absolute Gasteiger partial charge is 0.330 e. The van der Waals surface area contributed by atoms with Crippen LogP contribution < -0.4 is 10.5 Å². The van der Waals surface area contributed by atoms with Crippen LogP contribution in [0.3, 0.4) is 0 Å². The molecule has 0 aromatic heterocycles.